The molecule has 1 heterocycles. The molecule has 0 aliphatic heterocycles. The second kappa shape index (κ2) is 12.0. The first-order valence-corrected chi connectivity index (χ1v) is 17.7. The largest absolute Gasteiger partial charge is 0.507 e. The maximum absolute atomic E-state index is 11.8. The summed E-state index contributed by atoms with van der Waals surface area (Å²) >= 11 is 0. The summed E-state index contributed by atoms with van der Waals surface area (Å²) in [5.41, 5.74) is 10.4. The highest BCUT2D eigenvalue weighted by Crippen LogP contribution is 2.41. The van der Waals surface area contributed by atoms with E-state index in [4.69, 9.17) is 4.98 Å². The minimum absolute atomic E-state index is 0.297. The Bertz CT molecular complexity index is 1740. The van der Waals surface area contributed by atoms with E-state index in [2.05, 4.69) is 65.0 Å². The topological polar surface area (TPSA) is 53.4 Å². The second-order valence-corrected chi connectivity index (χ2v) is 16.7. The number of phenolic OH excluding ortho intramolecular Hbond substituents is 2. The van der Waals surface area contributed by atoms with Crippen LogP contribution in [0.2, 0.25) is 18.1 Å². The summed E-state index contributed by atoms with van der Waals surface area (Å²) in [7, 11) is -1.82. The summed E-state index contributed by atoms with van der Waals surface area (Å²) in [6, 6.07) is 34.2. The van der Waals surface area contributed by atoms with E-state index in [-0.39, 0.29) is 0 Å². The highest BCUT2D eigenvalue weighted by atomic mass is 28.3. The van der Waals surface area contributed by atoms with Crippen molar-refractivity contribution < 1.29 is 10.2 Å². The molecule has 0 saturated heterocycles. The molecular formula is C38H41NO2Si. The van der Waals surface area contributed by atoms with Crippen LogP contribution in [-0.4, -0.2) is 23.3 Å². The fourth-order valence-corrected chi connectivity index (χ4v) is 10.3. The van der Waals surface area contributed by atoms with Gasteiger partial charge < -0.3 is 10.2 Å². The van der Waals surface area contributed by atoms with Gasteiger partial charge in [-0.15, -0.1) is 0 Å². The minimum atomic E-state index is -1.82. The van der Waals surface area contributed by atoms with Gasteiger partial charge in [0.1, 0.15) is 11.5 Å². The molecule has 5 rings (SSSR count). The number of nitrogens with zero attached hydrogens (tertiary/aromatic N) is 1. The number of rotatable bonds is 8. The van der Waals surface area contributed by atoms with Crippen molar-refractivity contribution in [1.29, 1.82) is 0 Å². The molecule has 0 bridgehead atoms. The smallest absolute Gasteiger partial charge is 0.126 e. The van der Waals surface area contributed by atoms with E-state index in [9.17, 15) is 10.2 Å². The molecular weight excluding hydrogens is 531 g/mol. The summed E-state index contributed by atoms with van der Waals surface area (Å²) in [6.07, 6.45) is 0. The Morgan fingerprint density at radius 3 is 1.48 bits per heavy atom. The van der Waals surface area contributed by atoms with E-state index in [0.29, 0.717) is 11.5 Å². The van der Waals surface area contributed by atoms with Crippen molar-refractivity contribution in [1.82, 2.24) is 4.98 Å². The van der Waals surface area contributed by atoms with Crippen molar-refractivity contribution >= 4 is 13.3 Å². The second-order valence-electron chi connectivity index (χ2n) is 11.5. The number of pyridine rings is 1. The van der Waals surface area contributed by atoms with Crippen molar-refractivity contribution in [2.75, 3.05) is 0 Å². The normalized spacial score (nSPS) is 11.6. The fourth-order valence-electron chi connectivity index (χ4n) is 6.49. The molecule has 4 aromatic carbocycles. The van der Waals surface area contributed by atoms with Gasteiger partial charge in [-0.1, -0.05) is 111 Å². The van der Waals surface area contributed by atoms with Gasteiger partial charge in [-0.2, -0.15) is 0 Å². The Labute approximate surface area is 251 Å². The molecule has 1 aromatic heterocycles. The van der Waals surface area contributed by atoms with Gasteiger partial charge in [0.15, 0.2) is 0 Å². The molecule has 5 aromatic rings. The number of phenols is 2. The third kappa shape index (κ3) is 5.27. The van der Waals surface area contributed by atoms with Crippen LogP contribution in [0.1, 0.15) is 37.5 Å². The molecule has 4 heteroatoms. The predicted octanol–water partition coefficient (Wildman–Crippen LogP) is 9.80. The summed E-state index contributed by atoms with van der Waals surface area (Å²) < 4.78 is 0. The lowest BCUT2D eigenvalue weighted by Gasteiger charge is -2.30. The van der Waals surface area contributed by atoms with Crippen LogP contribution >= 0.6 is 0 Å². The zero-order chi connectivity index (χ0) is 30.0. The lowest BCUT2D eigenvalue weighted by atomic mass is 9.93. The fraction of sp³-hybridized carbons (Fsp3) is 0.237. The van der Waals surface area contributed by atoms with E-state index in [0.717, 1.165) is 74.0 Å². The van der Waals surface area contributed by atoms with Gasteiger partial charge in [0, 0.05) is 22.3 Å². The van der Waals surface area contributed by atoms with Gasteiger partial charge >= 0.3 is 0 Å². The summed E-state index contributed by atoms with van der Waals surface area (Å²) in [4.78, 5) is 5.18. The lowest BCUT2D eigenvalue weighted by Crippen LogP contribution is -2.46. The number of hydrogen-bond acceptors (Lipinski definition) is 3. The molecule has 0 unspecified atom stereocenters. The third-order valence-corrected chi connectivity index (χ3v) is 14.6. The first-order valence-electron chi connectivity index (χ1n) is 15.0. The molecule has 0 atom stereocenters. The van der Waals surface area contributed by atoms with Crippen molar-refractivity contribution in [3.05, 3.63) is 108 Å². The van der Waals surface area contributed by atoms with Crippen LogP contribution in [0, 0.1) is 20.8 Å². The van der Waals surface area contributed by atoms with E-state index in [1.165, 1.54) is 10.8 Å². The average Bonchev–Trinajstić information content (AvgIpc) is 3.01. The summed E-state index contributed by atoms with van der Waals surface area (Å²) in [5.74, 6) is 0.725. The van der Waals surface area contributed by atoms with Crippen molar-refractivity contribution in [2.45, 2.75) is 59.7 Å². The molecule has 0 aliphatic carbocycles. The van der Waals surface area contributed by atoms with Gasteiger partial charge in [0.2, 0.25) is 0 Å². The van der Waals surface area contributed by atoms with Crippen molar-refractivity contribution in [3.63, 3.8) is 0 Å². The Kier molecular flexibility index (Phi) is 8.38. The van der Waals surface area contributed by atoms with E-state index in [1.807, 2.05) is 67.6 Å². The minimum Gasteiger partial charge on any atom is -0.507 e. The Morgan fingerprint density at radius 1 is 0.524 bits per heavy atom. The van der Waals surface area contributed by atoms with Crippen LogP contribution in [0.5, 0.6) is 11.5 Å². The molecule has 42 heavy (non-hydrogen) atoms. The Hall–Kier alpha value is -4.15. The summed E-state index contributed by atoms with van der Waals surface area (Å²) in [5, 5.41) is 24.0. The Morgan fingerprint density at radius 2 is 0.976 bits per heavy atom. The summed E-state index contributed by atoms with van der Waals surface area (Å²) in [6.45, 7) is 12.9. The number of benzene rings is 4. The molecule has 3 nitrogen and oxygen atoms in total. The zero-order valence-electron chi connectivity index (χ0n) is 25.6. The van der Waals surface area contributed by atoms with Crippen LogP contribution in [0.25, 0.3) is 44.8 Å². The molecule has 214 valence electrons. The Balaban J connectivity index is 1.67. The van der Waals surface area contributed by atoms with Crippen LogP contribution in [-0.2, 0) is 0 Å². The van der Waals surface area contributed by atoms with Crippen LogP contribution < -0.4 is 5.19 Å². The van der Waals surface area contributed by atoms with Crippen LogP contribution in [0.15, 0.2) is 91.0 Å². The maximum Gasteiger partial charge on any atom is 0.126 e. The zero-order valence-corrected chi connectivity index (χ0v) is 26.6. The number of hydrogen-bond donors (Lipinski definition) is 2. The molecule has 2 N–H and O–H groups in total. The van der Waals surface area contributed by atoms with Crippen molar-refractivity contribution in [2.24, 2.45) is 0 Å². The number of aryl methyl sites for hydroxylation is 3. The highest BCUT2D eigenvalue weighted by molar-refractivity contribution is 6.92. The van der Waals surface area contributed by atoms with E-state index >= 15 is 0 Å². The third-order valence-electron chi connectivity index (χ3n) is 9.04. The van der Waals surface area contributed by atoms with Crippen LogP contribution in [0.4, 0.5) is 0 Å². The van der Waals surface area contributed by atoms with Gasteiger partial charge in [-0.25, -0.2) is 4.98 Å². The van der Waals surface area contributed by atoms with Gasteiger partial charge in [-0.05, 0) is 72.5 Å². The molecule has 0 fully saturated rings. The first-order chi connectivity index (χ1) is 20.2. The standard InChI is InChI=1S/C38H41NO2Si/c1-7-42(8-2,9-3)36-24-26(5)23-33(38(36)41)29-16-11-13-18-31(29)35-20-14-19-34(39-35)30-17-12-10-15-28(30)32-22-25(4)21-27(6)37(32)40/h10-24,40-41H,7-9H2,1-6H3. The molecule has 0 radical (unpaired) electrons. The molecule has 0 amide bonds. The van der Waals surface area contributed by atoms with E-state index in [1.54, 1.807) is 0 Å². The van der Waals surface area contributed by atoms with Crippen LogP contribution in [0.3, 0.4) is 0 Å². The lowest BCUT2D eigenvalue weighted by molar-refractivity contribution is 0.473. The van der Waals surface area contributed by atoms with Gasteiger partial charge in [-0.3, -0.25) is 0 Å². The molecule has 0 spiro atoms. The first kappa shape index (κ1) is 29.3. The average molecular weight is 572 g/mol. The van der Waals surface area contributed by atoms with Crippen molar-refractivity contribution in [3.8, 4) is 56.3 Å². The van der Waals surface area contributed by atoms with Gasteiger partial charge in [0.05, 0.1) is 19.5 Å². The number of aromatic hydroxyl groups is 2. The quantitative estimate of drug-likeness (QED) is 0.182. The SMILES string of the molecule is CC[Si](CC)(CC)c1cc(C)cc(-c2ccccc2-c2cccc(-c3ccccc3-c3cc(C)cc(C)c3O)n2)c1O. The van der Waals surface area contributed by atoms with E-state index < -0.39 is 8.07 Å². The molecule has 0 aliphatic rings. The molecule has 0 saturated carbocycles. The predicted molar refractivity (Wildman–Crippen MR) is 180 cm³/mol. The monoisotopic (exact) mass is 571 g/mol. The highest BCUT2D eigenvalue weighted by Gasteiger charge is 2.33. The maximum atomic E-state index is 11.8. The van der Waals surface area contributed by atoms with Gasteiger partial charge in [0.25, 0.3) is 0 Å². The number of aromatic nitrogens is 1.